The fourth-order valence-electron chi connectivity index (χ4n) is 1.30. The molecule has 0 radical (unpaired) electrons. The highest BCUT2D eigenvalue weighted by Crippen LogP contribution is 2.21. The van der Waals surface area contributed by atoms with Gasteiger partial charge in [0.25, 0.3) is 0 Å². The maximum Gasteiger partial charge on any atom is 0.233 e. The van der Waals surface area contributed by atoms with Gasteiger partial charge in [-0.1, -0.05) is 13.8 Å². The van der Waals surface area contributed by atoms with Gasteiger partial charge < -0.3 is 10.6 Å². The molecule has 5 heteroatoms. The molecule has 1 aromatic rings. The highest BCUT2D eigenvalue weighted by atomic mass is 79.9. The quantitative estimate of drug-likeness (QED) is 0.811. The molecule has 0 aliphatic carbocycles. The average Bonchev–Trinajstić information content (AvgIpc) is 2.64. The van der Waals surface area contributed by atoms with E-state index in [0.29, 0.717) is 12.5 Å². The van der Waals surface area contributed by atoms with E-state index in [1.165, 1.54) is 4.88 Å². The summed E-state index contributed by atoms with van der Waals surface area (Å²) in [6.45, 7) is 6.18. The third kappa shape index (κ3) is 6.19. The smallest absolute Gasteiger partial charge is 0.233 e. The number of rotatable bonds is 7. The number of halogens is 1. The Bertz CT molecular complexity index is 352. The first-order valence-electron chi connectivity index (χ1n) is 5.79. The second-order valence-corrected chi connectivity index (χ2v) is 6.18. The summed E-state index contributed by atoms with van der Waals surface area (Å²) < 4.78 is 1.11. The van der Waals surface area contributed by atoms with Gasteiger partial charge in [-0.25, -0.2) is 0 Å². The predicted molar refractivity (Wildman–Crippen MR) is 76.2 cm³/mol. The Morgan fingerprint density at radius 1 is 1.53 bits per heavy atom. The lowest BCUT2D eigenvalue weighted by Crippen LogP contribution is -2.34. The predicted octanol–water partition coefficient (Wildman–Crippen LogP) is 2.76. The summed E-state index contributed by atoms with van der Waals surface area (Å²) in [5.41, 5.74) is 0. The molecule has 1 amide bonds. The zero-order chi connectivity index (χ0) is 12.7. The van der Waals surface area contributed by atoms with Gasteiger partial charge in [0, 0.05) is 22.4 Å². The van der Waals surface area contributed by atoms with Crippen LogP contribution in [-0.2, 0) is 11.3 Å². The summed E-state index contributed by atoms with van der Waals surface area (Å²) in [6, 6.07) is 2.02. The molecule has 0 spiro atoms. The van der Waals surface area contributed by atoms with E-state index in [9.17, 15) is 4.79 Å². The summed E-state index contributed by atoms with van der Waals surface area (Å²) >= 11 is 5.14. The molecule has 1 heterocycles. The minimum atomic E-state index is 0.0679. The van der Waals surface area contributed by atoms with E-state index in [2.05, 4.69) is 40.4 Å². The highest BCUT2D eigenvalue weighted by Gasteiger charge is 2.03. The average molecular weight is 319 g/mol. The molecule has 96 valence electrons. The molecular formula is C12H19BrN2OS. The third-order valence-electron chi connectivity index (χ3n) is 2.31. The number of amides is 1. The van der Waals surface area contributed by atoms with Gasteiger partial charge in [-0.3, -0.25) is 4.79 Å². The minimum Gasteiger partial charge on any atom is -0.355 e. The Balaban J connectivity index is 2.10. The van der Waals surface area contributed by atoms with Crippen LogP contribution in [0.3, 0.4) is 0 Å². The number of hydrogen-bond donors (Lipinski definition) is 2. The Labute approximate surface area is 115 Å². The van der Waals surface area contributed by atoms with E-state index in [0.717, 1.165) is 24.0 Å². The first-order chi connectivity index (χ1) is 8.09. The van der Waals surface area contributed by atoms with Crippen LogP contribution in [0.25, 0.3) is 0 Å². The molecule has 2 N–H and O–H groups in total. The topological polar surface area (TPSA) is 41.1 Å². The van der Waals surface area contributed by atoms with Crippen LogP contribution in [0.5, 0.6) is 0 Å². The number of carbonyl (C=O) groups excluding carboxylic acids is 1. The molecule has 0 saturated heterocycles. The number of thiophene rings is 1. The molecule has 0 fully saturated rings. The first kappa shape index (κ1) is 14.7. The fourth-order valence-corrected chi connectivity index (χ4v) is 2.77. The van der Waals surface area contributed by atoms with Gasteiger partial charge in [0.15, 0.2) is 0 Å². The van der Waals surface area contributed by atoms with Crippen molar-refractivity contribution in [2.24, 2.45) is 5.92 Å². The van der Waals surface area contributed by atoms with Crippen molar-refractivity contribution in [1.29, 1.82) is 0 Å². The molecule has 0 aromatic carbocycles. The maximum absolute atomic E-state index is 11.5. The minimum absolute atomic E-state index is 0.0679. The van der Waals surface area contributed by atoms with Crippen LogP contribution >= 0.6 is 27.3 Å². The molecule has 0 atom stereocenters. The van der Waals surface area contributed by atoms with Gasteiger partial charge in [0.1, 0.15) is 0 Å². The Kier molecular flexibility index (Phi) is 6.77. The Hall–Kier alpha value is -0.390. The van der Waals surface area contributed by atoms with E-state index in [1.54, 1.807) is 11.3 Å². The van der Waals surface area contributed by atoms with Crippen LogP contribution in [0.4, 0.5) is 0 Å². The number of carbonyl (C=O) groups is 1. The van der Waals surface area contributed by atoms with Gasteiger partial charge in [-0.2, -0.15) is 0 Å². The van der Waals surface area contributed by atoms with Gasteiger partial charge in [0.05, 0.1) is 6.54 Å². The van der Waals surface area contributed by atoms with E-state index in [4.69, 9.17) is 0 Å². The van der Waals surface area contributed by atoms with E-state index in [-0.39, 0.29) is 5.91 Å². The lowest BCUT2D eigenvalue weighted by molar-refractivity contribution is -0.120. The van der Waals surface area contributed by atoms with Crippen LogP contribution in [0.2, 0.25) is 0 Å². The van der Waals surface area contributed by atoms with E-state index >= 15 is 0 Å². The molecule has 3 nitrogen and oxygen atoms in total. The van der Waals surface area contributed by atoms with Crippen molar-refractivity contribution in [2.45, 2.75) is 26.8 Å². The molecule has 0 unspecified atom stereocenters. The zero-order valence-corrected chi connectivity index (χ0v) is 12.7. The molecule has 0 saturated carbocycles. The van der Waals surface area contributed by atoms with Gasteiger partial charge >= 0.3 is 0 Å². The lowest BCUT2D eigenvalue weighted by Gasteiger charge is -2.07. The second kappa shape index (κ2) is 7.84. The van der Waals surface area contributed by atoms with Crippen LogP contribution < -0.4 is 10.6 Å². The van der Waals surface area contributed by atoms with Crippen molar-refractivity contribution in [1.82, 2.24) is 10.6 Å². The summed E-state index contributed by atoms with van der Waals surface area (Å²) in [5, 5.41) is 8.07. The largest absolute Gasteiger partial charge is 0.355 e. The first-order valence-corrected chi connectivity index (χ1v) is 7.46. The molecule has 1 rings (SSSR count). The van der Waals surface area contributed by atoms with Gasteiger partial charge in [0.2, 0.25) is 5.91 Å². The van der Waals surface area contributed by atoms with Gasteiger partial charge in [-0.05, 0) is 39.7 Å². The Morgan fingerprint density at radius 3 is 2.88 bits per heavy atom. The van der Waals surface area contributed by atoms with Crippen LogP contribution in [0, 0.1) is 5.92 Å². The van der Waals surface area contributed by atoms with Crippen molar-refractivity contribution >= 4 is 33.2 Å². The number of hydrogen-bond acceptors (Lipinski definition) is 3. The van der Waals surface area contributed by atoms with Crippen molar-refractivity contribution in [2.75, 3.05) is 13.1 Å². The Morgan fingerprint density at radius 2 is 2.29 bits per heavy atom. The standard InChI is InChI=1S/C12H19BrN2OS/c1-9(2)3-5-15-12(16)8-14-7-11-10(13)4-6-17-11/h4,6,9,14H,3,5,7-8H2,1-2H3,(H,15,16). The third-order valence-corrected chi connectivity index (χ3v) is 4.23. The SMILES string of the molecule is CC(C)CCNC(=O)CNCc1sccc1Br. The van der Waals surface area contributed by atoms with Crippen molar-refractivity contribution in [3.05, 3.63) is 20.8 Å². The molecule has 17 heavy (non-hydrogen) atoms. The monoisotopic (exact) mass is 318 g/mol. The maximum atomic E-state index is 11.5. The number of nitrogens with one attached hydrogen (secondary N) is 2. The fraction of sp³-hybridized carbons (Fsp3) is 0.583. The van der Waals surface area contributed by atoms with E-state index in [1.807, 2.05) is 11.4 Å². The van der Waals surface area contributed by atoms with Crippen molar-refractivity contribution < 1.29 is 4.79 Å². The van der Waals surface area contributed by atoms with Crippen molar-refractivity contribution in [3.63, 3.8) is 0 Å². The second-order valence-electron chi connectivity index (χ2n) is 4.33. The summed E-state index contributed by atoms with van der Waals surface area (Å²) in [4.78, 5) is 12.7. The lowest BCUT2D eigenvalue weighted by atomic mass is 10.1. The summed E-state index contributed by atoms with van der Waals surface area (Å²) in [7, 11) is 0. The van der Waals surface area contributed by atoms with Crippen LogP contribution in [0.1, 0.15) is 25.1 Å². The van der Waals surface area contributed by atoms with Crippen molar-refractivity contribution in [3.8, 4) is 0 Å². The normalized spacial score (nSPS) is 10.8. The molecule has 0 bridgehead atoms. The van der Waals surface area contributed by atoms with E-state index < -0.39 is 0 Å². The molecule has 0 aliphatic rings. The molecule has 1 aromatic heterocycles. The van der Waals surface area contributed by atoms with Gasteiger partial charge in [-0.15, -0.1) is 11.3 Å². The van der Waals surface area contributed by atoms with Crippen LogP contribution in [-0.4, -0.2) is 19.0 Å². The summed E-state index contributed by atoms with van der Waals surface area (Å²) in [6.07, 6.45) is 1.03. The summed E-state index contributed by atoms with van der Waals surface area (Å²) in [5.74, 6) is 0.698. The molecule has 0 aliphatic heterocycles. The molecular weight excluding hydrogens is 300 g/mol. The van der Waals surface area contributed by atoms with Crippen LogP contribution in [0.15, 0.2) is 15.9 Å². The highest BCUT2D eigenvalue weighted by molar-refractivity contribution is 9.10. The zero-order valence-electron chi connectivity index (χ0n) is 10.3.